The van der Waals surface area contributed by atoms with E-state index in [4.69, 9.17) is 4.52 Å². The van der Waals surface area contributed by atoms with Gasteiger partial charge >= 0.3 is 0 Å². The first-order valence-corrected chi connectivity index (χ1v) is 6.79. The standard InChI is InChI=1S/C16H14FN3O2/c1-10-5-6-20(15(21)7-10)9-14-18-16(19-22-14)12-4-3-11(2)13(17)8-12/h3-8H,9H2,1-2H3. The third-order valence-corrected chi connectivity index (χ3v) is 3.36. The number of pyridine rings is 1. The molecule has 0 fully saturated rings. The van der Waals surface area contributed by atoms with Crippen LogP contribution in [0.25, 0.3) is 11.4 Å². The van der Waals surface area contributed by atoms with Crippen molar-refractivity contribution in [3.05, 3.63) is 69.7 Å². The summed E-state index contributed by atoms with van der Waals surface area (Å²) in [6.07, 6.45) is 1.67. The highest BCUT2D eigenvalue weighted by atomic mass is 19.1. The van der Waals surface area contributed by atoms with E-state index in [0.29, 0.717) is 22.8 Å². The van der Waals surface area contributed by atoms with Gasteiger partial charge in [0.2, 0.25) is 11.7 Å². The minimum absolute atomic E-state index is 0.138. The molecule has 0 bridgehead atoms. The van der Waals surface area contributed by atoms with Crippen LogP contribution >= 0.6 is 0 Å². The molecule has 0 aliphatic carbocycles. The maximum Gasteiger partial charge on any atom is 0.251 e. The molecule has 112 valence electrons. The van der Waals surface area contributed by atoms with Crippen molar-refractivity contribution in [1.82, 2.24) is 14.7 Å². The number of hydrogen-bond acceptors (Lipinski definition) is 4. The summed E-state index contributed by atoms with van der Waals surface area (Å²) in [5, 5.41) is 3.83. The molecule has 0 N–H and O–H groups in total. The van der Waals surface area contributed by atoms with Crippen molar-refractivity contribution >= 4 is 0 Å². The van der Waals surface area contributed by atoms with E-state index in [-0.39, 0.29) is 17.9 Å². The maximum atomic E-state index is 13.6. The Bertz CT molecular complexity index is 883. The van der Waals surface area contributed by atoms with Crippen molar-refractivity contribution in [3.8, 4) is 11.4 Å². The van der Waals surface area contributed by atoms with Crippen molar-refractivity contribution in [3.63, 3.8) is 0 Å². The van der Waals surface area contributed by atoms with E-state index in [0.717, 1.165) is 5.56 Å². The summed E-state index contributed by atoms with van der Waals surface area (Å²) in [5.74, 6) is 0.273. The first-order valence-electron chi connectivity index (χ1n) is 6.79. The fourth-order valence-electron chi connectivity index (χ4n) is 2.05. The molecule has 2 heterocycles. The first-order chi connectivity index (χ1) is 10.5. The molecule has 3 rings (SSSR count). The molecule has 0 radical (unpaired) electrons. The molecule has 0 saturated carbocycles. The molecule has 0 spiro atoms. The molecule has 0 aliphatic heterocycles. The van der Waals surface area contributed by atoms with Crippen LogP contribution in [0.1, 0.15) is 17.0 Å². The molecule has 5 nitrogen and oxygen atoms in total. The van der Waals surface area contributed by atoms with Gasteiger partial charge in [0.1, 0.15) is 12.4 Å². The smallest absolute Gasteiger partial charge is 0.251 e. The fraction of sp³-hybridized carbons (Fsp3) is 0.188. The first kappa shape index (κ1) is 14.2. The zero-order chi connectivity index (χ0) is 15.7. The average molecular weight is 299 g/mol. The number of rotatable bonds is 3. The molecule has 22 heavy (non-hydrogen) atoms. The summed E-state index contributed by atoms with van der Waals surface area (Å²) >= 11 is 0. The number of halogens is 1. The summed E-state index contributed by atoms with van der Waals surface area (Å²) < 4.78 is 20.2. The van der Waals surface area contributed by atoms with Gasteiger partial charge in [0.05, 0.1) is 0 Å². The Kier molecular flexibility index (Phi) is 3.58. The molecule has 0 atom stereocenters. The van der Waals surface area contributed by atoms with Crippen LogP contribution in [0.4, 0.5) is 4.39 Å². The highest BCUT2D eigenvalue weighted by molar-refractivity contribution is 5.54. The number of nitrogens with zero attached hydrogens (tertiary/aromatic N) is 3. The second-order valence-corrected chi connectivity index (χ2v) is 5.15. The lowest BCUT2D eigenvalue weighted by molar-refractivity contribution is 0.370. The van der Waals surface area contributed by atoms with Crippen LogP contribution in [-0.4, -0.2) is 14.7 Å². The van der Waals surface area contributed by atoms with E-state index in [9.17, 15) is 9.18 Å². The Balaban J connectivity index is 1.87. The summed E-state index contributed by atoms with van der Waals surface area (Å²) in [6, 6.07) is 8.11. The van der Waals surface area contributed by atoms with Gasteiger partial charge in [-0.25, -0.2) is 4.39 Å². The molecule has 1 aromatic carbocycles. The van der Waals surface area contributed by atoms with Gasteiger partial charge < -0.3 is 9.09 Å². The van der Waals surface area contributed by atoms with Gasteiger partial charge in [-0.2, -0.15) is 4.98 Å². The monoisotopic (exact) mass is 299 g/mol. The lowest BCUT2D eigenvalue weighted by Gasteiger charge is -2.01. The second kappa shape index (κ2) is 5.55. The molecule has 3 aromatic rings. The lowest BCUT2D eigenvalue weighted by atomic mass is 10.1. The molecule has 0 saturated heterocycles. The molecular formula is C16H14FN3O2. The molecule has 6 heteroatoms. The van der Waals surface area contributed by atoms with Crippen molar-refractivity contribution in [2.45, 2.75) is 20.4 Å². The van der Waals surface area contributed by atoms with Crippen molar-refractivity contribution in [2.75, 3.05) is 0 Å². The summed E-state index contributed by atoms with van der Waals surface area (Å²) in [6.45, 7) is 3.72. The number of benzene rings is 1. The van der Waals surface area contributed by atoms with Crippen molar-refractivity contribution < 1.29 is 8.91 Å². The van der Waals surface area contributed by atoms with E-state index in [1.807, 2.05) is 13.0 Å². The lowest BCUT2D eigenvalue weighted by Crippen LogP contribution is -2.19. The van der Waals surface area contributed by atoms with E-state index in [1.165, 1.54) is 16.7 Å². The average Bonchev–Trinajstić information content (AvgIpc) is 2.93. The van der Waals surface area contributed by atoms with Crippen molar-refractivity contribution in [2.24, 2.45) is 0 Å². The minimum atomic E-state index is -0.321. The quantitative estimate of drug-likeness (QED) is 0.746. The maximum absolute atomic E-state index is 13.6. The van der Waals surface area contributed by atoms with Crippen LogP contribution in [0.5, 0.6) is 0 Å². The Morgan fingerprint density at radius 1 is 1.23 bits per heavy atom. The van der Waals surface area contributed by atoms with E-state index >= 15 is 0 Å². The molecular weight excluding hydrogens is 285 g/mol. The predicted molar refractivity (Wildman–Crippen MR) is 79.0 cm³/mol. The zero-order valence-electron chi connectivity index (χ0n) is 12.2. The third-order valence-electron chi connectivity index (χ3n) is 3.36. The SMILES string of the molecule is Cc1ccn(Cc2nc(-c3ccc(C)c(F)c3)no2)c(=O)c1. The fourth-order valence-corrected chi connectivity index (χ4v) is 2.05. The number of hydrogen-bond donors (Lipinski definition) is 0. The number of aryl methyl sites for hydroxylation is 2. The molecule has 0 unspecified atom stereocenters. The van der Waals surface area contributed by atoms with Gasteiger partial charge in [0.15, 0.2) is 0 Å². The van der Waals surface area contributed by atoms with Crippen LogP contribution in [-0.2, 0) is 6.54 Å². The van der Waals surface area contributed by atoms with Crippen LogP contribution < -0.4 is 5.56 Å². The summed E-state index contributed by atoms with van der Waals surface area (Å²) in [4.78, 5) is 16.0. The van der Waals surface area contributed by atoms with E-state index < -0.39 is 0 Å². The van der Waals surface area contributed by atoms with Crippen LogP contribution in [0.3, 0.4) is 0 Å². The van der Waals surface area contributed by atoms with E-state index in [2.05, 4.69) is 10.1 Å². The van der Waals surface area contributed by atoms with Gasteiger partial charge in [-0.05, 0) is 37.1 Å². The van der Waals surface area contributed by atoms with Gasteiger partial charge in [-0.1, -0.05) is 17.3 Å². The van der Waals surface area contributed by atoms with Crippen molar-refractivity contribution in [1.29, 1.82) is 0 Å². The molecule has 2 aromatic heterocycles. The molecule has 0 amide bonds. The third kappa shape index (κ3) is 2.81. The Hall–Kier alpha value is -2.76. The van der Waals surface area contributed by atoms with E-state index in [1.54, 1.807) is 25.3 Å². The van der Waals surface area contributed by atoms with Crippen LogP contribution in [0.2, 0.25) is 0 Å². The van der Waals surface area contributed by atoms with Gasteiger partial charge in [0.25, 0.3) is 5.56 Å². The van der Waals surface area contributed by atoms with Gasteiger partial charge in [0, 0.05) is 17.8 Å². The summed E-state index contributed by atoms with van der Waals surface area (Å²) in [7, 11) is 0. The van der Waals surface area contributed by atoms with Gasteiger partial charge in [-0.3, -0.25) is 4.79 Å². The predicted octanol–water partition coefficient (Wildman–Crippen LogP) is 2.70. The zero-order valence-corrected chi connectivity index (χ0v) is 12.2. The Morgan fingerprint density at radius 2 is 2.05 bits per heavy atom. The number of aromatic nitrogens is 3. The molecule has 0 aliphatic rings. The van der Waals surface area contributed by atoms with Crippen LogP contribution in [0.15, 0.2) is 45.8 Å². The van der Waals surface area contributed by atoms with Crippen LogP contribution in [0, 0.1) is 19.7 Å². The topological polar surface area (TPSA) is 60.9 Å². The highest BCUT2D eigenvalue weighted by Gasteiger charge is 2.11. The Morgan fingerprint density at radius 3 is 2.77 bits per heavy atom. The summed E-state index contributed by atoms with van der Waals surface area (Å²) in [5.41, 5.74) is 1.84. The van der Waals surface area contributed by atoms with Gasteiger partial charge in [-0.15, -0.1) is 0 Å². The second-order valence-electron chi connectivity index (χ2n) is 5.15. The minimum Gasteiger partial charge on any atom is -0.337 e. The normalized spacial score (nSPS) is 10.9. The highest BCUT2D eigenvalue weighted by Crippen LogP contribution is 2.19. The largest absolute Gasteiger partial charge is 0.337 e. The Labute approximate surface area is 126 Å².